The van der Waals surface area contributed by atoms with E-state index < -0.39 is 0 Å². The third kappa shape index (κ3) is 1.73. The van der Waals surface area contributed by atoms with Crippen LogP contribution in [-0.2, 0) is 9.47 Å². The number of hydrogen-bond donors (Lipinski definition) is 1. The molecule has 13 heavy (non-hydrogen) atoms. The van der Waals surface area contributed by atoms with E-state index in [-0.39, 0.29) is 5.79 Å². The lowest BCUT2D eigenvalue weighted by Crippen LogP contribution is -2.42. The zero-order valence-electron chi connectivity index (χ0n) is 8.13. The molecule has 0 aromatic rings. The van der Waals surface area contributed by atoms with Crippen molar-refractivity contribution in [1.29, 1.82) is 0 Å². The average Bonchev–Trinajstić information content (AvgIpc) is 2.59. The maximum atomic E-state index is 5.77. The van der Waals surface area contributed by atoms with E-state index in [9.17, 15) is 0 Å². The lowest BCUT2D eigenvalue weighted by atomic mass is 9.81. The Kier molecular flexibility index (Phi) is 2.86. The third-order valence-corrected chi connectivity index (χ3v) is 3.24. The fourth-order valence-corrected chi connectivity index (χ4v) is 2.60. The largest absolute Gasteiger partial charge is 0.347 e. The van der Waals surface area contributed by atoms with Crippen LogP contribution in [0.1, 0.15) is 32.1 Å². The van der Waals surface area contributed by atoms with Gasteiger partial charge in [0.1, 0.15) is 0 Å². The molecule has 1 heterocycles. The standard InChI is InChI=1S/C10H19NO2/c11-6-4-9-3-1-2-5-10(9)12-7-8-13-10/h9H,1-8,11H2/t9-/m0/s1. The predicted octanol–water partition coefficient (Wildman–Crippen LogP) is 1.27. The Hall–Kier alpha value is -0.120. The van der Waals surface area contributed by atoms with Gasteiger partial charge in [0.15, 0.2) is 5.79 Å². The zero-order chi connectivity index (χ0) is 9.15. The van der Waals surface area contributed by atoms with Gasteiger partial charge in [-0.3, -0.25) is 0 Å². The Bertz CT molecular complexity index is 164. The van der Waals surface area contributed by atoms with E-state index in [4.69, 9.17) is 15.2 Å². The van der Waals surface area contributed by atoms with Gasteiger partial charge >= 0.3 is 0 Å². The van der Waals surface area contributed by atoms with Crippen molar-refractivity contribution in [2.24, 2.45) is 11.7 Å². The molecule has 2 rings (SSSR count). The van der Waals surface area contributed by atoms with Crippen molar-refractivity contribution in [1.82, 2.24) is 0 Å². The van der Waals surface area contributed by atoms with Crippen LogP contribution in [0, 0.1) is 5.92 Å². The van der Waals surface area contributed by atoms with Gasteiger partial charge < -0.3 is 15.2 Å². The highest BCUT2D eigenvalue weighted by molar-refractivity contribution is 4.86. The van der Waals surface area contributed by atoms with E-state index in [2.05, 4.69) is 0 Å². The lowest BCUT2D eigenvalue weighted by molar-refractivity contribution is -0.213. The molecule has 1 saturated heterocycles. The van der Waals surface area contributed by atoms with E-state index in [0.717, 1.165) is 32.6 Å². The zero-order valence-corrected chi connectivity index (χ0v) is 8.13. The summed E-state index contributed by atoms with van der Waals surface area (Å²) in [6.07, 6.45) is 5.87. The number of nitrogens with two attached hydrogens (primary N) is 1. The molecule has 0 amide bonds. The molecule has 1 aliphatic carbocycles. The molecule has 2 fully saturated rings. The fraction of sp³-hybridized carbons (Fsp3) is 1.00. The van der Waals surface area contributed by atoms with E-state index in [0.29, 0.717) is 5.92 Å². The van der Waals surface area contributed by atoms with E-state index >= 15 is 0 Å². The third-order valence-electron chi connectivity index (χ3n) is 3.24. The molecule has 1 saturated carbocycles. The summed E-state index contributed by atoms with van der Waals surface area (Å²) in [6, 6.07) is 0. The van der Waals surface area contributed by atoms with Gasteiger partial charge in [0.05, 0.1) is 13.2 Å². The molecule has 2 N–H and O–H groups in total. The van der Waals surface area contributed by atoms with E-state index in [1.54, 1.807) is 0 Å². The quantitative estimate of drug-likeness (QED) is 0.704. The van der Waals surface area contributed by atoms with Crippen LogP contribution in [0.3, 0.4) is 0 Å². The first-order valence-electron chi connectivity index (χ1n) is 5.35. The van der Waals surface area contributed by atoms with Crippen LogP contribution < -0.4 is 5.73 Å². The van der Waals surface area contributed by atoms with Gasteiger partial charge in [-0.15, -0.1) is 0 Å². The molecule has 1 atom stereocenters. The van der Waals surface area contributed by atoms with Crippen LogP contribution in [0.25, 0.3) is 0 Å². The minimum atomic E-state index is -0.238. The van der Waals surface area contributed by atoms with Gasteiger partial charge in [-0.2, -0.15) is 0 Å². The first-order valence-corrected chi connectivity index (χ1v) is 5.35. The summed E-state index contributed by atoms with van der Waals surface area (Å²) in [5.74, 6) is 0.297. The molecule has 1 spiro atoms. The summed E-state index contributed by atoms with van der Waals surface area (Å²) in [5.41, 5.74) is 5.60. The van der Waals surface area contributed by atoms with Gasteiger partial charge in [-0.25, -0.2) is 0 Å². The number of ether oxygens (including phenoxy) is 2. The second-order valence-corrected chi connectivity index (χ2v) is 4.03. The summed E-state index contributed by atoms with van der Waals surface area (Å²) in [6.45, 7) is 2.28. The predicted molar refractivity (Wildman–Crippen MR) is 50.3 cm³/mol. The van der Waals surface area contributed by atoms with Crippen molar-refractivity contribution in [2.75, 3.05) is 19.8 Å². The van der Waals surface area contributed by atoms with Crippen molar-refractivity contribution >= 4 is 0 Å². The molecular weight excluding hydrogens is 166 g/mol. The molecule has 0 unspecified atom stereocenters. The van der Waals surface area contributed by atoms with Crippen LogP contribution in [-0.4, -0.2) is 25.5 Å². The Balaban J connectivity index is 2.03. The molecule has 2 aliphatic rings. The van der Waals surface area contributed by atoms with Crippen LogP contribution in [0.2, 0.25) is 0 Å². The monoisotopic (exact) mass is 185 g/mol. The van der Waals surface area contributed by atoms with Crippen LogP contribution in [0.15, 0.2) is 0 Å². The summed E-state index contributed by atoms with van der Waals surface area (Å²) in [5, 5.41) is 0. The highest BCUT2D eigenvalue weighted by atomic mass is 16.7. The topological polar surface area (TPSA) is 44.5 Å². The van der Waals surface area contributed by atoms with Crippen molar-refractivity contribution in [2.45, 2.75) is 37.9 Å². The highest BCUT2D eigenvalue weighted by Crippen LogP contribution is 2.41. The maximum Gasteiger partial charge on any atom is 0.171 e. The number of rotatable bonds is 2. The fourth-order valence-electron chi connectivity index (χ4n) is 2.60. The molecule has 0 aromatic heterocycles. The molecule has 3 heteroatoms. The molecule has 3 nitrogen and oxygen atoms in total. The Morgan fingerprint density at radius 1 is 1.23 bits per heavy atom. The smallest absolute Gasteiger partial charge is 0.171 e. The SMILES string of the molecule is NCC[C@@H]1CCCCC12OCCO2. The van der Waals surface area contributed by atoms with Crippen molar-refractivity contribution in [3.05, 3.63) is 0 Å². The lowest BCUT2D eigenvalue weighted by Gasteiger charge is -2.39. The maximum absolute atomic E-state index is 5.77. The van der Waals surface area contributed by atoms with Crippen LogP contribution in [0.4, 0.5) is 0 Å². The molecule has 1 aliphatic heterocycles. The Morgan fingerprint density at radius 2 is 2.00 bits per heavy atom. The molecule has 0 radical (unpaired) electrons. The molecule has 0 aromatic carbocycles. The minimum Gasteiger partial charge on any atom is -0.347 e. The molecular formula is C10H19NO2. The van der Waals surface area contributed by atoms with Crippen molar-refractivity contribution in [3.8, 4) is 0 Å². The summed E-state index contributed by atoms with van der Waals surface area (Å²) in [4.78, 5) is 0. The summed E-state index contributed by atoms with van der Waals surface area (Å²) < 4.78 is 11.5. The highest BCUT2D eigenvalue weighted by Gasteiger charge is 2.44. The van der Waals surface area contributed by atoms with E-state index in [1.165, 1.54) is 19.3 Å². The summed E-state index contributed by atoms with van der Waals surface area (Å²) in [7, 11) is 0. The van der Waals surface area contributed by atoms with Gasteiger partial charge in [-0.05, 0) is 25.8 Å². The second-order valence-electron chi connectivity index (χ2n) is 4.03. The van der Waals surface area contributed by atoms with E-state index in [1.807, 2.05) is 0 Å². The van der Waals surface area contributed by atoms with Crippen molar-refractivity contribution in [3.63, 3.8) is 0 Å². The molecule has 0 bridgehead atoms. The Morgan fingerprint density at radius 3 is 2.69 bits per heavy atom. The van der Waals surface area contributed by atoms with Gasteiger partial charge in [-0.1, -0.05) is 6.42 Å². The van der Waals surface area contributed by atoms with Crippen molar-refractivity contribution < 1.29 is 9.47 Å². The van der Waals surface area contributed by atoms with Crippen LogP contribution >= 0.6 is 0 Å². The average molecular weight is 185 g/mol. The molecule has 76 valence electrons. The Labute approximate surface area is 79.6 Å². The van der Waals surface area contributed by atoms with Gasteiger partial charge in [0.2, 0.25) is 0 Å². The minimum absolute atomic E-state index is 0.238. The second kappa shape index (κ2) is 3.95. The van der Waals surface area contributed by atoms with Gasteiger partial charge in [0.25, 0.3) is 0 Å². The normalized spacial score (nSPS) is 32.5. The number of hydrogen-bond acceptors (Lipinski definition) is 3. The first-order chi connectivity index (χ1) is 6.37. The summed E-state index contributed by atoms with van der Waals surface area (Å²) >= 11 is 0. The van der Waals surface area contributed by atoms with Crippen LogP contribution in [0.5, 0.6) is 0 Å². The first kappa shape index (κ1) is 9.44. The van der Waals surface area contributed by atoms with Gasteiger partial charge in [0, 0.05) is 12.3 Å².